The fraction of sp³-hybridized carbons (Fsp3) is 0.467. The van der Waals surface area contributed by atoms with Crippen molar-refractivity contribution in [3.8, 4) is 5.75 Å². The van der Waals surface area contributed by atoms with E-state index in [4.69, 9.17) is 4.74 Å². The van der Waals surface area contributed by atoms with E-state index in [0.29, 0.717) is 12.3 Å². The molecule has 0 saturated carbocycles. The van der Waals surface area contributed by atoms with Crippen LogP contribution in [0.3, 0.4) is 0 Å². The lowest BCUT2D eigenvalue weighted by molar-refractivity contribution is -0.140. The lowest BCUT2D eigenvalue weighted by Crippen LogP contribution is -2.38. The van der Waals surface area contributed by atoms with Gasteiger partial charge in [-0.1, -0.05) is 32.0 Å². The number of hydrogen-bond donors (Lipinski definition) is 0. The standard InChI is InChI=1S/C15H21NO4/c1-12(2)11-16(10-9-14(17)19-3)15(18)20-13-7-5-4-6-8-13/h4-8,12H,9-11H2,1-3H3. The molecule has 0 heterocycles. The van der Waals surface area contributed by atoms with Gasteiger partial charge in [-0.2, -0.15) is 0 Å². The van der Waals surface area contributed by atoms with Crippen molar-refractivity contribution in [2.24, 2.45) is 5.92 Å². The third-order valence-electron chi connectivity index (χ3n) is 2.61. The Morgan fingerprint density at radius 1 is 1.20 bits per heavy atom. The molecule has 1 aromatic rings. The zero-order chi connectivity index (χ0) is 15.0. The van der Waals surface area contributed by atoms with E-state index in [-0.39, 0.29) is 24.9 Å². The first-order valence-corrected chi connectivity index (χ1v) is 6.61. The maximum Gasteiger partial charge on any atom is 0.415 e. The number of ether oxygens (including phenoxy) is 2. The molecule has 1 aromatic carbocycles. The van der Waals surface area contributed by atoms with Gasteiger partial charge in [-0.15, -0.1) is 0 Å². The Morgan fingerprint density at radius 2 is 1.85 bits per heavy atom. The number of hydrogen-bond acceptors (Lipinski definition) is 4. The van der Waals surface area contributed by atoms with Crippen LogP contribution in [-0.2, 0) is 9.53 Å². The molecule has 0 aliphatic heterocycles. The number of carbonyl (C=O) groups excluding carboxylic acids is 2. The Balaban J connectivity index is 2.61. The summed E-state index contributed by atoms with van der Waals surface area (Å²) in [7, 11) is 1.33. The topological polar surface area (TPSA) is 55.8 Å². The van der Waals surface area contributed by atoms with Gasteiger partial charge >= 0.3 is 12.1 Å². The Hall–Kier alpha value is -2.04. The number of para-hydroxylation sites is 1. The molecule has 0 atom stereocenters. The van der Waals surface area contributed by atoms with Crippen LogP contribution in [-0.4, -0.2) is 37.2 Å². The van der Waals surface area contributed by atoms with Gasteiger partial charge < -0.3 is 14.4 Å². The highest BCUT2D eigenvalue weighted by atomic mass is 16.6. The molecular formula is C15H21NO4. The van der Waals surface area contributed by atoms with E-state index >= 15 is 0 Å². The van der Waals surface area contributed by atoms with Gasteiger partial charge in [-0.05, 0) is 18.1 Å². The number of amides is 1. The molecule has 0 aliphatic carbocycles. The van der Waals surface area contributed by atoms with Gasteiger partial charge in [0.2, 0.25) is 0 Å². The molecule has 5 heteroatoms. The molecule has 0 fully saturated rings. The second-order valence-corrected chi connectivity index (χ2v) is 4.85. The Morgan fingerprint density at radius 3 is 2.40 bits per heavy atom. The number of benzene rings is 1. The predicted molar refractivity (Wildman–Crippen MR) is 75.5 cm³/mol. The van der Waals surface area contributed by atoms with Gasteiger partial charge in [-0.3, -0.25) is 4.79 Å². The molecule has 110 valence electrons. The van der Waals surface area contributed by atoms with Crippen LogP contribution >= 0.6 is 0 Å². The van der Waals surface area contributed by atoms with Crippen molar-refractivity contribution < 1.29 is 19.1 Å². The summed E-state index contributed by atoms with van der Waals surface area (Å²) in [6.07, 6.45) is -0.290. The van der Waals surface area contributed by atoms with Gasteiger partial charge in [0.1, 0.15) is 5.75 Å². The molecule has 0 aliphatic rings. The van der Waals surface area contributed by atoms with Crippen LogP contribution in [0.5, 0.6) is 5.75 Å². The Kier molecular flexibility index (Phi) is 6.56. The second kappa shape index (κ2) is 8.19. The van der Waals surface area contributed by atoms with Crippen molar-refractivity contribution in [3.05, 3.63) is 30.3 Å². The molecule has 0 N–H and O–H groups in total. The van der Waals surface area contributed by atoms with Crippen molar-refractivity contribution in [3.63, 3.8) is 0 Å². The molecule has 1 amide bonds. The maximum absolute atomic E-state index is 12.1. The Bertz CT molecular complexity index is 431. The van der Waals surface area contributed by atoms with Crippen molar-refractivity contribution in [1.82, 2.24) is 4.90 Å². The van der Waals surface area contributed by atoms with Gasteiger partial charge in [0.25, 0.3) is 0 Å². The molecule has 0 radical (unpaired) electrons. The molecule has 1 rings (SSSR count). The van der Waals surface area contributed by atoms with Crippen LogP contribution < -0.4 is 4.74 Å². The number of esters is 1. The van der Waals surface area contributed by atoms with E-state index in [9.17, 15) is 9.59 Å². The number of carbonyl (C=O) groups is 2. The lowest BCUT2D eigenvalue weighted by atomic mass is 10.2. The average molecular weight is 279 g/mol. The molecule has 0 spiro atoms. The fourth-order valence-corrected chi connectivity index (χ4v) is 1.68. The van der Waals surface area contributed by atoms with Gasteiger partial charge in [0, 0.05) is 13.1 Å². The minimum Gasteiger partial charge on any atom is -0.469 e. The summed E-state index contributed by atoms with van der Waals surface area (Å²) in [5, 5.41) is 0. The maximum atomic E-state index is 12.1. The first-order valence-electron chi connectivity index (χ1n) is 6.61. The summed E-state index contributed by atoms with van der Waals surface area (Å²) < 4.78 is 9.86. The highest BCUT2D eigenvalue weighted by Crippen LogP contribution is 2.11. The van der Waals surface area contributed by atoms with E-state index in [1.807, 2.05) is 19.9 Å². The first kappa shape index (κ1) is 16.0. The van der Waals surface area contributed by atoms with Crippen molar-refractivity contribution in [1.29, 1.82) is 0 Å². The van der Waals surface area contributed by atoms with Gasteiger partial charge in [-0.25, -0.2) is 4.79 Å². The van der Waals surface area contributed by atoms with Crippen LogP contribution in [0.2, 0.25) is 0 Å². The highest BCUT2D eigenvalue weighted by molar-refractivity contribution is 5.73. The van der Waals surface area contributed by atoms with Crippen molar-refractivity contribution >= 4 is 12.1 Å². The quantitative estimate of drug-likeness (QED) is 0.751. The fourth-order valence-electron chi connectivity index (χ4n) is 1.68. The van der Waals surface area contributed by atoms with Crippen LogP contribution in [0, 0.1) is 5.92 Å². The predicted octanol–water partition coefficient (Wildman–Crippen LogP) is 2.71. The monoisotopic (exact) mass is 279 g/mol. The molecule has 0 bridgehead atoms. The SMILES string of the molecule is COC(=O)CCN(CC(C)C)C(=O)Oc1ccccc1. The van der Waals surface area contributed by atoms with E-state index in [0.717, 1.165) is 0 Å². The molecule has 5 nitrogen and oxygen atoms in total. The summed E-state index contributed by atoms with van der Waals surface area (Å²) in [4.78, 5) is 24.8. The van der Waals surface area contributed by atoms with E-state index in [1.165, 1.54) is 12.0 Å². The summed E-state index contributed by atoms with van der Waals surface area (Å²) >= 11 is 0. The minimum absolute atomic E-state index is 0.160. The lowest BCUT2D eigenvalue weighted by Gasteiger charge is -2.23. The molecule has 20 heavy (non-hydrogen) atoms. The normalized spacial score (nSPS) is 10.2. The highest BCUT2D eigenvalue weighted by Gasteiger charge is 2.18. The van der Waals surface area contributed by atoms with Crippen LogP contribution in [0.25, 0.3) is 0 Å². The van der Waals surface area contributed by atoms with Crippen molar-refractivity contribution in [2.75, 3.05) is 20.2 Å². The molecule has 0 saturated heterocycles. The van der Waals surface area contributed by atoms with Gasteiger partial charge in [0.05, 0.1) is 13.5 Å². The van der Waals surface area contributed by atoms with Crippen molar-refractivity contribution in [2.45, 2.75) is 20.3 Å². The molecule has 0 unspecified atom stereocenters. The van der Waals surface area contributed by atoms with Crippen LogP contribution in [0.4, 0.5) is 4.79 Å². The molecule has 0 aromatic heterocycles. The van der Waals surface area contributed by atoms with E-state index < -0.39 is 6.09 Å². The first-order chi connectivity index (χ1) is 9.52. The average Bonchev–Trinajstić information content (AvgIpc) is 2.43. The summed E-state index contributed by atoms with van der Waals surface area (Å²) in [5.41, 5.74) is 0. The van der Waals surface area contributed by atoms with Crippen LogP contribution in [0.1, 0.15) is 20.3 Å². The number of rotatable bonds is 6. The summed E-state index contributed by atoms with van der Waals surface area (Å²) in [5.74, 6) is 0.437. The molecular weight excluding hydrogens is 258 g/mol. The Labute approximate surface area is 119 Å². The largest absolute Gasteiger partial charge is 0.469 e. The zero-order valence-corrected chi connectivity index (χ0v) is 12.2. The zero-order valence-electron chi connectivity index (χ0n) is 12.2. The smallest absolute Gasteiger partial charge is 0.415 e. The minimum atomic E-state index is -0.450. The number of nitrogens with zero attached hydrogens (tertiary/aromatic N) is 1. The van der Waals surface area contributed by atoms with E-state index in [1.54, 1.807) is 24.3 Å². The number of methoxy groups -OCH3 is 1. The summed E-state index contributed by atoms with van der Waals surface area (Å²) in [6, 6.07) is 8.87. The van der Waals surface area contributed by atoms with E-state index in [2.05, 4.69) is 4.74 Å². The summed E-state index contributed by atoms with van der Waals surface area (Å²) in [6.45, 7) is 4.82. The van der Waals surface area contributed by atoms with Gasteiger partial charge in [0.15, 0.2) is 0 Å². The van der Waals surface area contributed by atoms with Crippen LogP contribution in [0.15, 0.2) is 30.3 Å². The second-order valence-electron chi connectivity index (χ2n) is 4.85. The third kappa shape index (κ3) is 5.73. The third-order valence-corrected chi connectivity index (χ3v) is 2.61.